The van der Waals surface area contributed by atoms with Gasteiger partial charge in [-0.05, 0) is 105 Å². The van der Waals surface area contributed by atoms with Crippen LogP contribution < -0.4 is 0 Å². The molecule has 7 atom stereocenters. The Labute approximate surface area is 152 Å². The zero-order chi connectivity index (χ0) is 17.4. The van der Waals surface area contributed by atoms with Crippen molar-refractivity contribution in [1.82, 2.24) is 0 Å². The van der Waals surface area contributed by atoms with Gasteiger partial charge < -0.3 is 0 Å². The molecule has 0 spiro atoms. The van der Waals surface area contributed by atoms with Crippen molar-refractivity contribution in [2.75, 3.05) is 0 Å². The Morgan fingerprint density at radius 3 is 2.60 bits per heavy atom. The first-order chi connectivity index (χ1) is 12.0. The van der Waals surface area contributed by atoms with Crippen LogP contribution in [-0.4, -0.2) is 5.78 Å². The third-order valence-electron chi connectivity index (χ3n) is 9.47. The van der Waals surface area contributed by atoms with Gasteiger partial charge in [-0.25, -0.2) is 0 Å². The summed E-state index contributed by atoms with van der Waals surface area (Å²) in [6.45, 7) is 4.69. The van der Waals surface area contributed by atoms with Crippen molar-refractivity contribution in [3.63, 3.8) is 0 Å². The van der Waals surface area contributed by atoms with E-state index in [-0.39, 0.29) is 10.8 Å². The molecule has 0 aliphatic heterocycles. The largest absolute Gasteiger partial charge is 0.295 e. The highest BCUT2D eigenvalue weighted by Gasteiger charge is 2.63. The Hall–Kier alpha value is -1.10. The molecule has 0 aromatic heterocycles. The lowest BCUT2D eigenvalue weighted by Gasteiger charge is -2.57. The molecule has 0 unspecified atom stereocenters. The van der Waals surface area contributed by atoms with Crippen LogP contribution in [0.2, 0.25) is 0 Å². The molecule has 0 saturated heterocycles. The Bertz CT molecular complexity index is 683. The standard InChI is InChI=1S/C23H31NO/c1-22(13-24)9-8-20-21-18(7-10-23(20,22)2)17-6-5-16(25)11-15(17)12-19(21)14-3-4-14/h11,14,17-21H,3-10,12H2,1-2H3/t17-,18+,19+,20-,21-,22+,23-/m0/s1. The lowest BCUT2D eigenvalue weighted by atomic mass is 9.46. The SMILES string of the molecule is C[C@]1(C#N)CC[C@H]2[C@H]3[C@H](CC[C@@]21C)[C@H]1CCC(=O)C=C1C[C@@H]3C1CC1. The molecule has 0 aromatic carbocycles. The number of nitriles is 1. The third-order valence-corrected chi connectivity index (χ3v) is 9.47. The summed E-state index contributed by atoms with van der Waals surface area (Å²) in [5.41, 5.74) is 1.59. The fourth-order valence-electron chi connectivity index (χ4n) is 7.74. The smallest absolute Gasteiger partial charge is 0.155 e. The Balaban J connectivity index is 1.55. The topological polar surface area (TPSA) is 40.9 Å². The zero-order valence-electron chi connectivity index (χ0n) is 15.8. The minimum absolute atomic E-state index is 0.130. The van der Waals surface area contributed by atoms with E-state index in [9.17, 15) is 10.1 Å². The molecule has 25 heavy (non-hydrogen) atoms. The molecule has 0 radical (unpaired) electrons. The fourth-order valence-corrected chi connectivity index (χ4v) is 7.74. The average molecular weight is 338 g/mol. The summed E-state index contributed by atoms with van der Waals surface area (Å²) in [5.74, 6) is 5.09. The van der Waals surface area contributed by atoms with Crippen LogP contribution in [0.5, 0.6) is 0 Å². The van der Waals surface area contributed by atoms with E-state index in [4.69, 9.17) is 0 Å². The maximum Gasteiger partial charge on any atom is 0.155 e. The third kappa shape index (κ3) is 2.11. The maximum absolute atomic E-state index is 12.0. The second kappa shape index (κ2) is 5.21. The van der Waals surface area contributed by atoms with Crippen LogP contribution in [0, 0.1) is 57.7 Å². The first-order valence-electron chi connectivity index (χ1n) is 10.6. The average Bonchev–Trinajstić information content (AvgIpc) is 3.40. The first-order valence-corrected chi connectivity index (χ1v) is 10.6. The molecule has 0 N–H and O–H groups in total. The number of allylic oxidation sites excluding steroid dienone is 1. The molecule has 5 aliphatic carbocycles. The molecule has 0 heterocycles. The van der Waals surface area contributed by atoms with E-state index in [1.165, 1.54) is 44.1 Å². The van der Waals surface area contributed by atoms with Gasteiger partial charge in [-0.15, -0.1) is 0 Å². The van der Waals surface area contributed by atoms with Crippen molar-refractivity contribution in [2.24, 2.45) is 46.3 Å². The van der Waals surface area contributed by atoms with Gasteiger partial charge in [-0.2, -0.15) is 5.26 Å². The number of carbonyl (C=O) groups is 1. The van der Waals surface area contributed by atoms with Gasteiger partial charge in [-0.1, -0.05) is 12.5 Å². The summed E-state index contributed by atoms with van der Waals surface area (Å²) in [6.07, 6.45) is 12.8. The van der Waals surface area contributed by atoms with Crippen molar-refractivity contribution in [1.29, 1.82) is 5.26 Å². The van der Waals surface area contributed by atoms with E-state index in [1.54, 1.807) is 0 Å². The molecule has 2 heteroatoms. The number of rotatable bonds is 1. The van der Waals surface area contributed by atoms with Crippen LogP contribution in [0.3, 0.4) is 0 Å². The van der Waals surface area contributed by atoms with E-state index in [0.717, 1.165) is 48.9 Å². The van der Waals surface area contributed by atoms with Gasteiger partial charge in [0, 0.05) is 6.42 Å². The van der Waals surface area contributed by atoms with Crippen LogP contribution in [0.15, 0.2) is 11.6 Å². The number of hydrogen-bond donors (Lipinski definition) is 0. The van der Waals surface area contributed by atoms with Crippen molar-refractivity contribution >= 4 is 5.78 Å². The predicted molar refractivity (Wildman–Crippen MR) is 97.4 cm³/mol. The van der Waals surface area contributed by atoms with Crippen LogP contribution in [0.4, 0.5) is 0 Å². The molecule has 5 rings (SSSR count). The minimum Gasteiger partial charge on any atom is -0.295 e. The highest BCUT2D eigenvalue weighted by molar-refractivity contribution is 5.91. The number of ketones is 1. The van der Waals surface area contributed by atoms with Gasteiger partial charge in [0.1, 0.15) is 0 Å². The van der Waals surface area contributed by atoms with Gasteiger partial charge in [0.25, 0.3) is 0 Å². The van der Waals surface area contributed by atoms with Crippen molar-refractivity contribution in [3.05, 3.63) is 11.6 Å². The summed E-state index contributed by atoms with van der Waals surface area (Å²) in [7, 11) is 0. The van der Waals surface area contributed by atoms with Gasteiger partial charge in [0.05, 0.1) is 11.5 Å². The van der Waals surface area contributed by atoms with E-state index in [0.29, 0.717) is 11.7 Å². The lowest BCUT2D eigenvalue weighted by Crippen LogP contribution is -2.52. The molecular weight excluding hydrogens is 306 g/mol. The van der Waals surface area contributed by atoms with E-state index >= 15 is 0 Å². The molecule has 0 bridgehead atoms. The van der Waals surface area contributed by atoms with Crippen molar-refractivity contribution in [2.45, 2.75) is 71.6 Å². The van der Waals surface area contributed by atoms with Crippen LogP contribution in [0.25, 0.3) is 0 Å². The second-order valence-electron chi connectivity index (χ2n) is 10.3. The van der Waals surface area contributed by atoms with Crippen LogP contribution in [0.1, 0.15) is 71.6 Å². The first kappa shape index (κ1) is 16.1. The Morgan fingerprint density at radius 2 is 1.88 bits per heavy atom. The Kier molecular flexibility index (Phi) is 3.36. The number of hydrogen-bond acceptors (Lipinski definition) is 2. The summed E-state index contributed by atoms with van der Waals surface area (Å²) in [5, 5.41) is 9.93. The predicted octanol–water partition coefficient (Wildman–Crippen LogP) is 5.29. The summed E-state index contributed by atoms with van der Waals surface area (Å²) < 4.78 is 0. The van der Waals surface area contributed by atoms with Crippen LogP contribution in [-0.2, 0) is 4.79 Å². The molecule has 4 fully saturated rings. The van der Waals surface area contributed by atoms with Gasteiger partial charge in [0.2, 0.25) is 0 Å². The molecule has 4 saturated carbocycles. The number of nitrogens with zero attached hydrogens (tertiary/aromatic N) is 1. The van der Waals surface area contributed by atoms with E-state index < -0.39 is 0 Å². The van der Waals surface area contributed by atoms with Crippen molar-refractivity contribution in [3.8, 4) is 6.07 Å². The van der Waals surface area contributed by atoms with E-state index in [2.05, 4.69) is 19.9 Å². The van der Waals surface area contributed by atoms with E-state index in [1.807, 2.05) is 6.08 Å². The highest BCUT2D eigenvalue weighted by Crippen LogP contribution is 2.70. The molecule has 134 valence electrons. The maximum atomic E-state index is 12.0. The summed E-state index contributed by atoms with van der Waals surface area (Å²) in [6, 6.07) is 2.74. The number of carbonyl (C=O) groups excluding carboxylic acids is 1. The second-order valence-corrected chi connectivity index (χ2v) is 10.3. The normalized spacial score (nSPS) is 51.8. The van der Waals surface area contributed by atoms with Gasteiger partial charge >= 0.3 is 0 Å². The zero-order valence-corrected chi connectivity index (χ0v) is 15.8. The quantitative estimate of drug-likeness (QED) is 0.652. The highest BCUT2D eigenvalue weighted by atomic mass is 16.1. The Morgan fingerprint density at radius 1 is 1.08 bits per heavy atom. The molecular formula is C23H31NO. The number of fused-ring (bicyclic) bond motifs is 5. The molecule has 0 amide bonds. The summed E-state index contributed by atoms with van der Waals surface area (Å²) in [4.78, 5) is 12.0. The summed E-state index contributed by atoms with van der Waals surface area (Å²) >= 11 is 0. The van der Waals surface area contributed by atoms with Crippen LogP contribution >= 0.6 is 0 Å². The monoisotopic (exact) mass is 337 g/mol. The van der Waals surface area contributed by atoms with Gasteiger partial charge in [-0.3, -0.25) is 4.79 Å². The van der Waals surface area contributed by atoms with Crippen molar-refractivity contribution < 1.29 is 4.79 Å². The van der Waals surface area contributed by atoms with Gasteiger partial charge in [0.15, 0.2) is 5.78 Å². The molecule has 0 aromatic rings. The minimum atomic E-state index is -0.130. The fraction of sp³-hybridized carbons (Fsp3) is 0.826. The molecule has 5 aliphatic rings. The lowest BCUT2D eigenvalue weighted by molar-refractivity contribution is -0.116. The molecule has 2 nitrogen and oxygen atoms in total.